The first-order valence-electron chi connectivity index (χ1n) is 10.1. The Kier molecular flexibility index (Phi) is 9.06. The summed E-state index contributed by atoms with van der Waals surface area (Å²) in [7, 11) is 1.57. The van der Waals surface area contributed by atoms with Crippen LogP contribution in [0, 0.1) is 0 Å². The van der Waals surface area contributed by atoms with Gasteiger partial charge in [-0.2, -0.15) is 0 Å². The minimum Gasteiger partial charge on any atom is -0.493 e. The van der Waals surface area contributed by atoms with E-state index < -0.39 is 0 Å². The zero-order valence-electron chi connectivity index (χ0n) is 18.2. The van der Waals surface area contributed by atoms with Gasteiger partial charge < -0.3 is 24.3 Å². The first-order chi connectivity index (χ1) is 14.5. The Morgan fingerprint density at radius 1 is 1.00 bits per heavy atom. The van der Waals surface area contributed by atoms with Crippen LogP contribution >= 0.6 is 0 Å². The van der Waals surface area contributed by atoms with Gasteiger partial charge in [0.05, 0.1) is 26.4 Å². The summed E-state index contributed by atoms with van der Waals surface area (Å²) in [6.45, 7) is 10.5. The first kappa shape index (κ1) is 23.1. The van der Waals surface area contributed by atoms with E-state index in [0.29, 0.717) is 36.2 Å². The molecule has 1 N–H and O–H groups in total. The molecule has 0 aliphatic heterocycles. The number of carbonyl (C=O) groups is 1. The predicted molar refractivity (Wildman–Crippen MR) is 118 cm³/mol. The highest BCUT2D eigenvalue weighted by atomic mass is 16.5. The molecule has 1 amide bonds. The fourth-order valence-electron chi connectivity index (χ4n) is 2.97. The van der Waals surface area contributed by atoms with Crippen LogP contribution in [-0.2, 0) is 11.2 Å². The number of nitrogens with one attached hydrogen (secondary N) is 1. The largest absolute Gasteiger partial charge is 0.493 e. The van der Waals surface area contributed by atoms with E-state index in [9.17, 15) is 4.79 Å². The minimum atomic E-state index is -0.230. The molecule has 0 aliphatic carbocycles. The van der Waals surface area contributed by atoms with Gasteiger partial charge in [0.15, 0.2) is 29.6 Å². The molecule has 30 heavy (non-hydrogen) atoms. The van der Waals surface area contributed by atoms with Crippen molar-refractivity contribution in [3.8, 4) is 23.0 Å². The van der Waals surface area contributed by atoms with Crippen molar-refractivity contribution in [3.05, 3.63) is 60.2 Å². The average Bonchev–Trinajstić information content (AvgIpc) is 2.74. The molecule has 0 aromatic heterocycles. The Bertz CT molecular complexity index is 849. The van der Waals surface area contributed by atoms with E-state index >= 15 is 0 Å². The lowest BCUT2D eigenvalue weighted by atomic mass is 10.1. The monoisotopic (exact) mass is 413 g/mol. The number of carbonyl (C=O) groups excluding carboxylic acids is 1. The van der Waals surface area contributed by atoms with Crippen LogP contribution in [0.4, 0.5) is 0 Å². The van der Waals surface area contributed by atoms with Gasteiger partial charge in [-0.05, 0) is 62.6 Å². The molecular weight excluding hydrogens is 382 g/mol. The summed E-state index contributed by atoms with van der Waals surface area (Å²) >= 11 is 0. The third-order valence-electron chi connectivity index (χ3n) is 4.41. The summed E-state index contributed by atoms with van der Waals surface area (Å²) in [6, 6.07) is 11.1. The molecule has 0 spiro atoms. The Morgan fingerprint density at radius 3 is 2.33 bits per heavy atom. The summed E-state index contributed by atoms with van der Waals surface area (Å²) < 4.78 is 22.3. The van der Waals surface area contributed by atoms with Gasteiger partial charge in [0.25, 0.3) is 5.91 Å². The average molecular weight is 414 g/mol. The Labute approximate surface area is 178 Å². The number of amides is 1. The molecule has 6 nitrogen and oxygen atoms in total. The molecule has 2 rings (SSSR count). The summed E-state index contributed by atoms with van der Waals surface area (Å²) in [5.74, 6) is 2.23. The normalized spacial score (nSPS) is 11.3. The zero-order chi connectivity index (χ0) is 21.9. The van der Waals surface area contributed by atoms with E-state index in [1.165, 1.54) is 0 Å². The minimum absolute atomic E-state index is 0.114. The molecule has 0 fully saturated rings. The van der Waals surface area contributed by atoms with Crippen molar-refractivity contribution in [2.45, 2.75) is 33.2 Å². The summed E-state index contributed by atoms with van der Waals surface area (Å²) in [6.07, 6.45) is 2.56. The van der Waals surface area contributed by atoms with Crippen molar-refractivity contribution in [2.75, 3.05) is 26.9 Å². The van der Waals surface area contributed by atoms with Gasteiger partial charge in [-0.25, -0.2) is 0 Å². The molecule has 2 aromatic carbocycles. The van der Waals surface area contributed by atoms with Gasteiger partial charge in [0.2, 0.25) is 0 Å². The lowest BCUT2D eigenvalue weighted by molar-refractivity contribution is -0.123. The lowest BCUT2D eigenvalue weighted by Crippen LogP contribution is -2.31. The van der Waals surface area contributed by atoms with Crippen molar-refractivity contribution >= 4 is 5.91 Å². The molecule has 0 aliphatic rings. The number of allylic oxidation sites excluding steroid dienone is 1. The van der Waals surface area contributed by atoms with Crippen LogP contribution in [0.15, 0.2) is 49.1 Å². The maximum atomic E-state index is 12.4. The third kappa shape index (κ3) is 6.44. The molecule has 1 atom stereocenters. The maximum Gasteiger partial charge on any atom is 0.258 e. The van der Waals surface area contributed by atoms with Crippen molar-refractivity contribution in [3.63, 3.8) is 0 Å². The van der Waals surface area contributed by atoms with E-state index in [2.05, 4.69) is 11.9 Å². The van der Waals surface area contributed by atoms with E-state index in [1.54, 1.807) is 13.2 Å². The number of methoxy groups -OCH3 is 1. The highest BCUT2D eigenvalue weighted by Crippen LogP contribution is 2.31. The van der Waals surface area contributed by atoms with Crippen LogP contribution < -0.4 is 24.3 Å². The molecule has 0 saturated carbocycles. The van der Waals surface area contributed by atoms with Crippen LogP contribution in [0.3, 0.4) is 0 Å². The van der Waals surface area contributed by atoms with Crippen molar-refractivity contribution in [1.29, 1.82) is 0 Å². The zero-order valence-corrected chi connectivity index (χ0v) is 18.2. The standard InChI is InChI=1S/C24H31NO5/c1-6-9-18-10-12-20(22(14-18)27-5)30-16-24(26)25-17(4)19-11-13-21(28-7-2)23(15-19)29-8-3/h6,10-15,17H,1,7-9,16H2,2-5H3,(H,25,26). The molecule has 6 heteroatoms. The summed E-state index contributed by atoms with van der Waals surface area (Å²) in [5, 5.41) is 2.94. The van der Waals surface area contributed by atoms with Gasteiger partial charge in [-0.1, -0.05) is 18.2 Å². The molecule has 1 unspecified atom stereocenters. The number of hydrogen-bond donors (Lipinski definition) is 1. The Balaban J connectivity index is 1.99. The third-order valence-corrected chi connectivity index (χ3v) is 4.41. The van der Waals surface area contributed by atoms with Gasteiger partial charge >= 0.3 is 0 Å². The Hall–Kier alpha value is -3.15. The van der Waals surface area contributed by atoms with Crippen molar-refractivity contribution in [1.82, 2.24) is 5.32 Å². The van der Waals surface area contributed by atoms with Gasteiger partial charge in [0.1, 0.15) is 0 Å². The van der Waals surface area contributed by atoms with Crippen LogP contribution in [-0.4, -0.2) is 32.8 Å². The van der Waals surface area contributed by atoms with Gasteiger partial charge in [0, 0.05) is 0 Å². The SMILES string of the molecule is C=CCc1ccc(OCC(=O)NC(C)c2ccc(OCC)c(OCC)c2)c(OC)c1. The fourth-order valence-corrected chi connectivity index (χ4v) is 2.97. The molecule has 0 saturated heterocycles. The van der Waals surface area contributed by atoms with E-state index in [1.807, 2.05) is 57.2 Å². The number of benzene rings is 2. The van der Waals surface area contributed by atoms with Gasteiger partial charge in [-0.15, -0.1) is 6.58 Å². The second kappa shape index (κ2) is 11.8. The topological polar surface area (TPSA) is 66.0 Å². The van der Waals surface area contributed by atoms with E-state index in [0.717, 1.165) is 17.5 Å². The van der Waals surface area contributed by atoms with Crippen LogP contribution in [0.25, 0.3) is 0 Å². The predicted octanol–water partition coefficient (Wildman–Crippen LogP) is 4.48. The first-order valence-corrected chi connectivity index (χ1v) is 10.1. The molecule has 0 radical (unpaired) electrons. The Morgan fingerprint density at radius 2 is 1.67 bits per heavy atom. The number of hydrogen-bond acceptors (Lipinski definition) is 5. The highest BCUT2D eigenvalue weighted by molar-refractivity contribution is 5.78. The number of ether oxygens (including phenoxy) is 4. The highest BCUT2D eigenvalue weighted by Gasteiger charge is 2.15. The second-order valence-electron chi connectivity index (χ2n) is 6.63. The number of rotatable bonds is 12. The van der Waals surface area contributed by atoms with Gasteiger partial charge in [-0.3, -0.25) is 4.79 Å². The second-order valence-corrected chi connectivity index (χ2v) is 6.63. The van der Waals surface area contributed by atoms with Crippen molar-refractivity contribution < 1.29 is 23.7 Å². The molecule has 2 aromatic rings. The van der Waals surface area contributed by atoms with Crippen molar-refractivity contribution in [2.24, 2.45) is 0 Å². The fraction of sp³-hybridized carbons (Fsp3) is 0.375. The molecule has 162 valence electrons. The van der Waals surface area contributed by atoms with E-state index in [4.69, 9.17) is 18.9 Å². The van der Waals surface area contributed by atoms with Crippen LogP contribution in [0.1, 0.15) is 37.9 Å². The van der Waals surface area contributed by atoms with Crippen LogP contribution in [0.2, 0.25) is 0 Å². The molecule has 0 bridgehead atoms. The summed E-state index contributed by atoms with van der Waals surface area (Å²) in [4.78, 5) is 12.4. The van der Waals surface area contributed by atoms with E-state index in [-0.39, 0.29) is 18.6 Å². The maximum absolute atomic E-state index is 12.4. The van der Waals surface area contributed by atoms with Crippen LogP contribution in [0.5, 0.6) is 23.0 Å². The summed E-state index contributed by atoms with van der Waals surface area (Å²) in [5.41, 5.74) is 1.98. The quantitative estimate of drug-likeness (QED) is 0.520. The molecule has 0 heterocycles. The molecular formula is C24H31NO5. The smallest absolute Gasteiger partial charge is 0.258 e. The lowest BCUT2D eigenvalue weighted by Gasteiger charge is -2.18.